The minimum absolute atomic E-state index is 0.0192. The maximum Gasteiger partial charge on any atom is 0.252 e. The molecule has 0 fully saturated rings. The molecule has 174 valence electrons. The third-order valence-corrected chi connectivity index (χ3v) is 4.89. The molecule has 1 aliphatic rings. The molecule has 4 rings (SSSR count). The standard InChI is InChI=1S/C19H25N5O3.C6H6/c1-3-21-18(25)14-8-16-19(24-10-14)27-15(12-22-16)11-20-7-6-13-4-5-17(26-2)23-9-13;1-2-4-6-5-3-1/h4-5,8-10,15,20,22H,3,6-7,11-12H2,1-2H3,(H,21,25);1-6H. The molecule has 33 heavy (non-hydrogen) atoms. The van der Waals surface area contributed by atoms with Gasteiger partial charge in [-0.25, -0.2) is 9.97 Å². The van der Waals surface area contributed by atoms with E-state index in [9.17, 15) is 4.79 Å². The topological polar surface area (TPSA) is 97.4 Å². The molecule has 2 aromatic heterocycles. The van der Waals surface area contributed by atoms with E-state index in [4.69, 9.17) is 9.47 Å². The van der Waals surface area contributed by atoms with E-state index in [-0.39, 0.29) is 12.0 Å². The van der Waals surface area contributed by atoms with Crippen LogP contribution in [0.3, 0.4) is 0 Å². The first kappa shape index (κ1) is 24.0. The number of rotatable bonds is 8. The smallest absolute Gasteiger partial charge is 0.252 e. The van der Waals surface area contributed by atoms with E-state index in [1.165, 1.54) is 6.20 Å². The lowest BCUT2D eigenvalue weighted by molar-refractivity contribution is 0.0955. The zero-order valence-electron chi connectivity index (χ0n) is 19.1. The highest BCUT2D eigenvalue weighted by Crippen LogP contribution is 2.27. The normalized spacial score (nSPS) is 13.9. The van der Waals surface area contributed by atoms with Gasteiger partial charge in [0, 0.05) is 31.5 Å². The second-order valence-electron chi connectivity index (χ2n) is 7.37. The maximum atomic E-state index is 11.9. The first-order valence-electron chi connectivity index (χ1n) is 11.1. The Labute approximate surface area is 194 Å². The lowest BCUT2D eigenvalue weighted by Gasteiger charge is -2.27. The van der Waals surface area contributed by atoms with Gasteiger partial charge in [0.25, 0.3) is 5.91 Å². The molecule has 3 aromatic rings. The molecule has 0 spiro atoms. The van der Waals surface area contributed by atoms with Crippen molar-refractivity contribution < 1.29 is 14.3 Å². The van der Waals surface area contributed by atoms with Gasteiger partial charge in [-0.2, -0.15) is 0 Å². The minimum atomic E-state index is -0.133. The summed E-state index contributed by atoms with van der Waals surface area (Å²) in [6.07, 6.45) is 4.22. The quantitative estimate of drug-likeness (QED) is 0.455. The fourth-order valence-electron chi connectivity index (χ4n) is 3.16. The van der Waals surface area contributed by atoms with Crippen LogP contribution in [0.25, 0.3) is 0 Å². The van der Waals surface area contributed by atoms with Crippen LogP contribution in [0.1, 0.15) is 22.8 Å². The van der Waals surface area contributed by atoms with Crippen LogP contribution in [-0.2, 0) is 6.42 Å². The summed E-state index contributed by atoms with van der Waals surface area (Å²) in [7, 11) is 1.61. The molecular formula is C25H31N5O3. The summed E-state index contributed by atoms with van der Waals surface area (Å²) in [6.45, 7) is 4.65. The van der Waals surface area contributed by atoms with Crippen LogP contribution >= 0.6 is 0 Å². The molecule has 1 aromatic carbocycles. The molecule has 3 heterocycles. The Morgan fingerprint density at radius 1 is 1.15 bits per heavy atom. The van der Waals surface area contributed by atoms with Crippen molar-refractivity contribution in [3.8, 4) is 11.8 Å². The van der Waals surface area contributed by atoms with Crippen molar-refractivity contribution in [2.75, 3.05) is 38.6 Å². The SMILES string of the molecule is CCNC(=O)c1cnc2c(c1)NCC(CNCCc1ccc(OC)nc1)O2.c1ccccc1. The maximum absolute atomic E-state index is 11.9. The molecule has 0 aliphatic carbocycles. The number of methoxy groups -OCH3 is 1. The van der Waals surface area contributed by atoms with Crippen molar-refractivity contribution in [3.05, 3.63) is 78.1 Å². The molecule has 0 saturated heterocycles. The number of nitrogens with zero attached hydrogens (tertiary/aromatic N) is 2. The van der Waals surface area contributed by atoms with E-state index >= 15 is 0 Å². The number of anilines is 1. The number of carbonyl (C=O) groups excluding carboxylic acids is 1. The number of amides is 1. The minimum Gasteiger partial charge on any atom is -0.481 e. The molecule has 3 N–H and O–H groups in total. The number of aromatic nitrogens is 2. The van der Waals surface area contributed by atoms with E-state index < -0.39 is 0 Å². The number of pyridine rings is 2. The second kappa shape index (κ2) is 13.0. The molecule has 0 bridgehead atoms. The van der Waals surface area contributed by atoms with Gasteiger partial charge in [-0.1, -0.05) is 42.5 Å². The van der Waals surface area contributed by atoms with Gasteiger partial charge < -0.3 is 25.4 Å². The number of fused-ring (bicyclic) bond motifs is 1. The number of hydrogen-bond donors (Lipinski definition) is 3. The van der Waals surface area contributed by atoms with Gasteiger partial charge in [-0.3, -0.25) is 4.79 Å². The summed E-state index contributed by atoms with van der Waals surface area (Å²) in [6, 6.07) is 17.6. The van der Waals surface area contributed by atoms with E-state index in [0.29, 0.717) is 37.0 Å². The highest BCUT2D eigenvalue weighted by atomic mass is 16.5. The summed E-state index contributed by atoms with van der Waals surface area (Å²) in [5, 5.41) is 9.45. The molecule has 0 radical (unpaired) electrons. The second-order valence-corrected chi connectivity index (χ2v) is 7.37. The number of carbonyl (C=O) groups is 1. The Hall–Kier alpha value is -3.65. The molecule has 1 aliphatic heterocycles. The fraction of sp³-hybridized carbons (Fsp3) is 0.320. The van der Waals surface area contributed by atoms with Gasteiger partial charge in [-0.05, 0) is 31.5 Å². The third-order valence-electron chi connectivity index (χ3n) is 4.89. The molecule has 1 unspecified atom stereocenters. The van der Waals surface area contributed by atoms with E-state index in [2.05, 4.69) is 25.9 Å². The van der Waals surface area contributed by atoms with E-state index in [1.807, 2.05) is 61.7 Å². The monoisotopic (exact) mass is 449 g/mol. The molecule has 1 amide bonds. The van der Waals surface area contributed by atoms with E-state index in [1.54, 1.807) is 13.2 Å². The van der Waals surface area contributed by atoms with Gasteiger partial charge in [0.05, 0.1) is 24.9 Å². The summed E-state index contributed by atoms with van der Waals surface area (Å²) >= 11 is 0. The first-order chi connectivity index (χ1) is 16.2. The van der Waals surface area contributed by atoms with Crippen LogP contribution in [0.2, 0.25) is 0 Å². The highest BCUT2D eigenvalue weighted by Gasteiger charge is 2.21. The summed E-state index contributed by atoms with van der Waals surface area (Å²) in [5.41, 5.74) is 2.42. The Balaban J connectivity index is 0.000000442. The third kappa shape index (κ3) is 7.76. The van der Waals surface area contributed by atoms with Crippen molar-refractivity contribution in [1.29, 1.82) is 0 Å². The van der Waals surface area contributed by atoms with Crippen LogP contribution in [0.5, 0.6) is 11.8 Å². The van der Waals surface area contributed by atoms with Gasteiger partial charge in [0.1, 0.15) is 6.10 Å². The van der Waals surface area contributed by atoms with Crippen molar-refractivity contribution in [1.82, 2.24) is 20.6 Å². The van der Waals surface area contributed by atoms with Crippen molar-refractivity contribution in [2.45, 2.75) is 19.4 Å². The lowest BCUT2D eigenvalue weighted by atomic mass is 10.2. The van der Waals surface area contributed by atoms with Gasteiger partial charge >= 0.3 is 0 Å². The Bertz CT molecular complexity index is 956. The van der Waals surface area contributed by atoms with Gasteiger partial charge in [-0.15, -0.1) is 0 Å². The van der Waals surface area contributed by atoms with Crippen molar-refractivity contribution >= 4 is 11.6 Å². The molecule has 0 saturated carbocycles. The average molecular weight is 450 g/mol. The van der Waals surface area contributed by atoms with Crippen molar-refractivity contribution in [2.24, 2.45) is 0 Å². The summed E-state index contributed by atoms with van der Waals surface area (Å²) in [4.78, 5) is 20.4. The Kier molecular flexibility index (Phi) is 9.47. The Morgan fingerprint density at radius 3 is 2.55 bits per heavy atom. The van der Waals surface area contributed by atoms with Gasteiger partial charge in [0.2, 0.25) is 11.8 Å². The molecule has 8 heteroatoms. The molecular weight excluding hydrogens is 418 g/mol. The van der Waals surface area contributed by atoms with Crippen LogP contribution < -0.4 is 25.4 Å². The first-order valence-corrected chi connectivity index (χ1v) is 11.1. The number of benzene rings is 1. The van der Waals surface area contributed by atoms with Crippen LogP contribution in [0.15, 0.2) is 67.0 Å². The van der Waals surface area contributed by atoms with Crippen LogP contribution in [0, 0.1) is 0 Å². The zero-order chi connectivity index (χ0) is 23.3. The summed E-state index contributed by atoms with van der Waals surface area (Å²) < 4.78 is 11.0. The average Bonchev–Trinajstić information content (AvgIpc) is 2.88. The van der Waals surface area contributed by atoms with Crippen LogP contribution in [0.4, 0.5) is 5.69 Å². The molecule has 8 nitrogen and oxygen atoms in total. The largest absolute Gasteiger partial charge is 0.481 e. The zero-order valence-corrected chi connectivity index (χ0v) is 19.1. The number of hydrogen-bond acceptors (Lipinski definition) is 7. The lowest BCUT2D eigenvalue weighted by Crippen LogP contribution is -2.40. The predicted octanol–water partition coefficient (Wildman–Crippen LogP) is 2.93. The molecule has 1 atom stereocenters. The number of nitrogens with one attached hydrogen (secondary N) is 3. The van der Waals surface area contributed by atoms with Crippen LogP contribution in [-0.4, -0.2) is 55.3 Å². The predicted molar refractivity (Wildman–Crippen MR) is 129 cm³/mol. The fourth-order valence-corrected chi connectivity index (χ4v) is 3.16. The summed E-state index contributed by atoms with van der Waals surface area (Å²) in [5.74, 6) is 1.02. The van der Waals surface area contributed by atoms with Gasteiger partial charge in [0.15, 0.2) is 0 Å². The van der Waals surface area contributed by atoms with Crippen molar-refractivity contribution in [3.63, 3.8) is 0 Å². The Morgan fingerprint density at radius 2 is 1.91 bits per heavy atom. The van der Waals surface area contributed by atoms with E-state index in [0.717, 1.165) is 24.2 Å². The highest BCUT2D eigenvalue weighted by molar-refractivity contribution is 5.95. The number of ether oxygens (including phenoxy) is 2.